The largest absolute Gasteiger partial charge is 0.456 e. The third kappa shape index (κ3) is 4.14. The molecule has 224 valence electrons. The molecule has 1 heterocycles. The highest BCUT2D eigenvalue weighted by molar-refractivity contribution is 6.30. The Hall–Kier alpha value is -6.94. The van der Waals surface area contributed by atoms with E-state index in [9.17, 15) is 10.5 Å². The lowest BCUT2D eigenvalue weighted by Gasteiger charge is -2.13. The summed E-state index contributed by atoms with van der Waals surface area (Å²) < 4.78 is 6.49. The average molecular weight is 621 g/mol. The molecule has 3 heteroatoms. The van der Waals surface area contributed by atoms with Crippen LogP contribution in [0.1, 0.15) is 11.1 Å². The van der Waals surface area contributed by atoms with Crippen LogP contribution in [0.4, 0.5) is 0 Å². The lowest BCUT2D eigenvalue weighted by molar-refractivity contribution is 0.670. The molecule has 0 saturated heterocycles. The van der Waals surface area contributed by atoms with E-state index in [2.05, 4.69) is 140 Å². The summed E-state index contributed by atoms with van der Waals surface area (Å²) in [4.78, 5) is 0. The zero-order valence-electron chi connectivity index (χ0n) is 26.2. The molecule has 0 aliphatic heterocycles. The molecule has 0 saturated carbocycles. The first-order valence-corrected chi connectivity index (χ1v) is 16.3. The van der Waals surface area contributed by atoms with Crippen LogP contribution in [-0.4, -0.2) is 0 Å². The molecule has 0 aliphatic rings. The molecule has 49 heavy (non-hydrogen) atoms. The van der Waals surface area contributed by atoms with Gasteiger partial charge in [-0.2, -0.15) is 10.5 Å². The molecule has 0 N–H and O–H groups in total. The van der Waals surface area contributed by atoms with E-state index in [1.807, 2.05) is 12.1 Å². The van der Waals surface area contributed by atoms with Gasteiger partial charge in [-0.3, -0.25) is 0 Å². The fraction of sp³-hybridized carbons (Fsp3) is 0. The van der Waals surface area contributed by atoms with Crippen molar-refractivity contribution in [3.63, 3.8) is 0 Å². The number of rotatable bonds is 2. The van der Waals surface area contributed by atoms with E-state index in [1.165, 1.54) is 48.5 Å². The van der Waals surface area contributed by atoms with Gasteiger partial charge < -0.3 is 4.42 Å². The van der Waals surface area contributed by atoms with Crippen LogP contribution >= 0.6 is 0 Å². The molecule has 0 bridgehead atoms. The number of nitriles is 2. The lowest BCUT2D eigenvalue weighted by atomic mass is 9.90. The summed E-state index contributed by atoms with van der Waals surface area (Å²) in [5.41, 5.74) is 6.91. The van der Waals surface area contributed by atoms with Gasteiger partial charge >= 0.3 is 0 Å². The Morgan fingerprint density at radius 2 is 0.898 bits per heavy atom. The Morgan fingerprint density at radius 3 is 1.61 bits per heavy atom. The Kier molecular flexibility index (Phi) is 5.71. The maximum Gasteiger partial charge on any atom is 0.136 e. The number of benzene rings is 9. The van der Waals surface area contributed by atoms with E-state index >= 15 is 0 Å². The summed E-state index contributed by atoms with van der Waals surface area (Å²) in [6.07, 6.45) is 0. The summed E-state index contributed by atoms with van der Waals surface area (Å²) in [7, 11) is 0. The van der Waals surface area contributed by atoms with Crippen molar-refractivity contribution in [1.29, 1.82) is 10.5 Å². The quantitative estimate of drug-likeness (QED) is 0.181. The van der Waals surface area contributed by atoms with Gasteiger partial charge in [-0.05, 0) is 131 Å². The second kappa shape index (κ2) is 10.3. The Morgan fingerprint density at radius 1 is 0.347 bits per heavy atom. The molecule has 3 nitrogen and oxygen atoms in total. The van der Waals surface area contributed by atoms with Crippen LogP contribution < -0.4 is 0 Å². The van der Waals surface area contributed by atoms with Crippen LogP contribution in [-0.2, 0) is 0 Å². The van der Waals surface area contributed by atoms with E-state index < -0.39 is 0 Å². The Labute approximate surface area is 281 Å². The normalized spacial score (nSPS) is 11.6. The smallest absolute Gasteiger partial charge is 0.136 e. The molecule has 0 unspecified atom stereocenters. The number of nitrogens with zero attached hydrogens (tertiary/aromatic N) is 2. The van der Waals surface area contributed by atoms with E-state index in [-0.39, 0.29) is 0 Å². The van der Waals surface area contributed by atoms with Gasteiger partial charge in [-0.15, -0.1) is 0 Å². The maximum absolute atomic E-state index is 9.45. The number of fused-ring (bicyclic) bond motifs is 12. The molecule has 1 aromatic heterocycles. The summed E-state index contributed by atoms with van der Waals surface area (Å²) in [6.45, 7) is 0. The van der Waals surface area contributed by atoms with Gasteiger partial charge in [0.1, 0.15) is 11.2 Å². The van der Waals surface area contributed by atoms with Crippen LogP contribution in [0.2, 0.25) is 0 Å². The van der Waals surface area contributed by atoms with Crippen LogP contribution in [0, 0.1) is 22.7 Å². The van der Waals surface area contributed by atoms with E-state index in [4.69, 9.17) is 4.42 Å². The van der Waals surface area contributed by atoms with E-state index in [1.54, 1.807) is 6.07 Å². The summed E-state index contributed by atoms with van der Waals surface area (Å²) in [6, 6.07) is 55.3. The van der Waals surface area contributed by atoms with Crippen LogP contribution in [0.25, 0.3) is 98.1 Å². The number of furan rings is 1. The first kappa shape index (κ1) is 27.2. The van der Waals surface area contributed by atoms with Gasteiger partial charge in [0, 0.05) is 10.8 Å². The van der Waals surface area contributed by atoms with Gasteiger partial charge in [0.2, 0.25) is 0 Å². The fourth-order valence-corrected chi connectivity index (χ4v) is 7.70. The van der Waals surface area contributed by atoms with Gasteiger partial charge in [0.05, 0.1) is 23.3 Å². The van der Waals surface area contributed by atoms with Crippen molar-refractivity contribution in [1.82, 2.24) is 0 Å². The van der Waals surface area contributed by atoms with Crippen molar-refractivity contribution in [3.05, 3.63) is 157 Å². The standard InChI is InChI=1S/C46H24N2O/c47-25-27-17-28(26-48)19-35(18-27)33-12-11-30-20-32(10-9-31(30)21-33)34-13-15-39-40(22-34)37-7-3-4-8-38(37)41-23-43-45(24-42(39)41)49-44-16-14-29-5-1-2-6-36(29)46(43)44/h1-24H. The molecular formula is C46H24N2O. The topological polar surface area (TPSA) is 60.7 Å². The molecule has 0 radical (unpaired) electrons. The predicted octanol–water partition coefficient (Wildman–Crippen LogP) is 12.4. The highest BCUT2D eigenvalue weighted by Gasteiger charge is 2.16. The zero-order valence-corrected chi connectivity index (χ0v) is 26.2. The maximum atomic E-state index is 9.45. The lowest BCUT2D eigenvalue weighted by Crippen LogP contribution is -1.87. The SMILES string of the molecule is N#Cc1cc(C#N)cc(-c2ccc3cc(-c4ccc5c(c4)c4ccccc4c4cc6c(cc54)oc4ccc5ccccc5c46)ccc3c2)c1. The summed E-state index contributed by atoms with van der Waals surface area (Å²) >= 11 is 0. The van der Waals surface area contributed by atoms with Gasteiger partial charge in [-0.1, -0.05) is 91.0 Å². The number of hydrogen-bond donors (Lipinski definition) is 0. The molecule has 0 fully saturated rings. The molecule has 10 rings (SSSR count). The van der Waals surface area contributed by atoms with E-state index in [0.717, 1.165) is 49.6 Å². The fourth-order valence-electron chi connectivity index (χ4n) is 7.70. The summed E-state index contributed by atoms with van der Waals surface area (Å²) in [5, 5.41) is 33.1. The zero-order chi connectivity index (χ0) is 32.6. The van der Waals surface area contributed by atoms with Crippen molar-refractivity contribution in [2.45, 2.75) is 0 Å². The van der Waals surface area contributed by atoms with Gasteiger partial charge in [0.25, 0.3) is 0 Å². The highest BCUT2D eigenvalue weighted by Crippen LogP contribution is 2.42. The third-order valence-corrected chi connectivity index (χ3v) is 10.0. The second-order valence-electron chi connectivity index (χ2n) is 12.8. The Bertz CT molecular complexity index is 3100. The average Bonchev–Trinajstić information content (AvgIpc) is 3.54. The molecule has 0 aliphatic carbocycles. The van der Waals surface area contributed by atoms with Crippen molar-refractivity contribution in [2.75, 3.05) is 0 Å². The third-order valence-electron chi connectivity index (χ3n) is 10.0. The highest BCUT2D eigenvalue weighted by atomic mass is 16.3. The van der Waals surface area contributed by atoms with Crippen LogP contribution in [0.5, 0.6) is 0 Å². The molecule has 0 atom stereocenters. The molecular weight excluding hydrogens is 597 g/mol. The Balaban J connectivity index is 1.14. The van der Waals surface area contributed by atoms with Gasteiger partial charge in [0.15, 0.2) is 0 Å². The minimum absolute atomic E-state index is 0.483. The number of hydrogen-bond acceptors (Lipinski definition) is 3. The van der Waals surface area contributed by atoms with Crippen LogP contribution in [0.3, 0.4) is 0 Å². The molecule has 9 aromatic carbocycles. The molecule has 0 spiro atoms. The van der Waals surface area contributed by atoms with E-state index in [0.29, 0.717) is 11.1 Å². The van der Waals surface area contributed by atoms with Crippen molar-refractivity contribution >= 4 is 75.8 Å². The predicted molar refractivity (Wildman–Crippen MR) is 202 cm³/mol. The minimum atomic E-state index is 0.483. The van der Waals surface area contributed by atoms with Crippen molar-refractivity contribution < 1.29 is 4.42 Å². The molecule has 10 aromatic rings. The first-order valence-electron chi connectivity index (χ1n) is 16.3. The summed E-state index contributed by atoms with van der Waals surface area (Å²) in [5.74, 6) is 0. The first-order chi connectivity index (χ1) is 24.1. The van der Waals surface area contributed by atoms with Crippen molar-refractivity contribution in [2.24, 2.45) is 0 Å². The van der Waals surface area contributed by atoms with Gasteiger partial charge in [-0.25, -0.2) is 0 Å². The monoisotopic (exact) mass is 620 g/mol. The van der Waals surface area contributed by atoms with Crippen molar-refractivity contribution in [3.8, 4) is 34.4 Å². The second-order valence-corrected chi connectivity index (χ2v) is 12.8. The molecule has 0 amide bonds. The minimum Gasteiger partial charge on any atom is -0.456 e. The van der Waals surface area contributed by atoms with Crippen LogP contribution in [0.15, 0.2) is 150 Å².